The van der Waals surface area contributed by atoms with Crippen LogP contribution in [0.4, 0.5) is 4.39 Å². The molecule has 3 aromatic rings. The standard InChI is InChI=1S/C22H22FN3O/c1-14-11-17(9-10-24-14)25-22(27)19-13-20(15-5-3-2-4-6-15)26-21-12-16(23)7-8-18(19)21/h2-8,12-14,17,24H,9-11H2,1H3,(H,25,27). The predicted octanol–water partition coefficient (Wildman–Crippen LogP) is 3.91. The molecule has 0 aliphatic carbocycles. The Morgan fingerprint density at radius 1 is 1.19 bits per heavy atom. The van der Waals surface area contributed by atoms with Crippen LogP contribution in [0.1, 0.15) is 30.1 Å². The van der Waals surface area contributed by atoms with E-state index in [0.717, 1.165) is 24.9 Å². The van der Waals surface area contributed by atoms with Crippen molar-refractivity contribution in [2.45, 2.75) is 31.8 Å². The highest BCUT2D eigenvalue weighted by Gasteiger charge is 2.22. The molecule has 1 aliphatic rings. The first-order valence-corrected chi connectivity index (χ1v) is 9.30. The van der Waals surface area contributed by atoms with E-state index < -0.39 is 0 Å². The molecule has 27 heavy (non-hydrogen) atoms. The Hall–Kier alpha value is -2.79. The third-order valence-electron chi connectivity index (χ3n) is 5.04. The normalized spacial score (nSPS) is 19.8. The summed E-state index contributed by atoms with van der Waals surface area (Å²) < 4.78 is 13.8. The van der Waals surface area contributed by atoms with Crippen molar-refractivity contribution in [3.05, 3.63) is 66.0 Å². The Bertz CT molecular complexity index is 974. The van der Waals surface area contributed by atoms with Crippen LogP contribution in [0.2, 0.25) is 0 Å². The highest BCUT2D eigenvalue weighted by Crippen LogP contribution is 2.26. The molecule has 0 radical (unpaired) electrons. The number of halogens is 1. The van der Waals surface area contributed by atoms with Crippen molar-refractivity contribution in [1.82, 2.24) is 15.6 Å². The molecule has 2 heterocycles. The molecular weight excluding hydrogens is 341 g/mol. The molecule has 4 nitrogen and oxygen atoms in total. The van der Waals surface area contributed by atoms with Crippen LogP contribution in [0.3, 0.4) is 0 Å². The summed E-state index contributed by atoms with van der Waals surface area (Å²) in [5.41, 5.74) is 2.58. The van der Waals surface area contributed by atoms with Crippen molar-refractivity contribution < 1.29 is 9.18 Å². The highest BCUT2D eigenvalue weighted by atomic mass is 19.1. The minimum atomic E-state index is -0.362. The SMILES string of the molecule is CC1CC(NC(=O)c2cc(-c3ccccc3)nc3cc(F)ccc23)CCN1. The largest absolute Gasteiger partial charge is 0.349 e. The van der Waals surface area contributed by atoms with E-state index in [0.29, 0.717) is 28.2 Å². The lowest BCUT2D eigenvalue weighted by molar-refractivity contribution is 0.0927. The number of hydrogen-bond acceptors (Lipinski definition) is 3. The number of nitrogens with one attached hydrogen (secondary N) is 2. The maximum absolute atomic E-state index is 13.8. The predicted molar refractivity (Wildman–Crippen MR) is 105 cm³/mol. The fourth-order valence-electron chi connectivity index (χ4n) is 3.67. The summed E-state index contributed by atoms with van der Waals surface area (Å²) in [6.07, 6.45) is 1.80. The number of benzene rings is 2. The molecule has 0 spiro atoms. The summed E-state index contributed by atoms with van der Waals surface area (Å²) in [5.74, 6) is -0.496. The van der Waals surface area contributed by atoms with Crippen LogP contribution in [0, 0.1) is 5.82 Å². The number of carbonyl (C=O) groups excluding carboxylic acids is 1. The van der Waals surface area contributed by atoms with Crippen LogP contribution in [0.25, 0.3) is 22.2 Å². The van der Waals surface area contributed by atoms with Crippen molar-refractivity contribution in [3.63, 3.8) is 0 Å². The molecule has 2 aromatic carbocycles. The molecule has 1 fully saturated rings. The summed E-state index contributed by atoms with van der Waals surface area (Å²) in [6, 6.07) is 16.3. The van der Waals surface area contributed by atoms with Crippen LogP contribution in [-0.2, 0) is 0 Å². The van der Waals surface area contributed by atoms with Gasteiger partial charge in [-0.3, -0.25) is 4.79 Å². The smallest absolute Gasteiger partial charge is 0.252 e. The van der Waals surface area contributed by atoms with E-state index in [1.54, 1.807) is 12.1 Å². The molecule has 5 heteroatoms. The monoisotopic (exact) mass is 363 g/mol. The molecule has 2 N–H and O–H groups in total. The Kier molecular flexibility index (Phi) is 4.86. The molecule has 2 atom stereocenters. The first kappa shape index (κ1) is 17.6. The minimum Gasteiger partial charge on any atom is -0.349 e. The lowest BCUT2D eigenvalue weighted by atomic mass is 9.99. The summed E-state index contributed by atoms with van der Waals surface area (Å²) in [7, 11) is 0. The number of aromatic nitrogens is 1. The van der Waals surface area contributed by atoms with E-state index in [1.165, 1.54) is 12.1 Å². The fourth-order valence-corrected chi connectivity index (χ4v) is 3.67. The average Bonchev–Trinajstić information content (AvgIpc) is 2.67. The second-order valence-corrected chi connectivity index (χ2v) is 7.13. The van der Waals surface area contributed by atoms with Gasteiger partial charge in [-0.05, 0) is 44.5 Å². The summed E-state index contributed by atoms with van der Waals surface area (Å²) in [4.78, 5) is 17.6. The van der Waals surface area contributed by atoms with Crippen LogP contribution >= 0.6 is 0 Å². The zero-order chi connectivity index (χ0) is 18.8. The zero-order valence-electron chi connectivity index (χ0n) is 15.2. The molecule has 2 unspecified atom stereocenters. The number of piperidine rings is 1. The summed E-state index contributed by atoms with van der Waals surface area (Å²) in [5, 5.41) is 7.20. The van der Waals surface area contributed by atoms with Gasteiger partial charge in [0.15, 0.2) is 0 Å². The molecule has 138 valence electrons. The number of hydrogen-bond donors (Lipinski definition) is 2. The van der Waals surface area contributed by atoms with Crippen molar-refractivity contribution in [3.8, 4) is 11.3 Å². The first-order valence-electron chi connectivity index (χ1n) is 9.30. The Morgan fingerprint density at radius 3 is 2.78 bits per heavy atom. The van der Waals surface area contributed by atoms with Gasteiger partial charge in [-0.1, -0.05) is 30.3 Å². The van der Waals surface area contributed by atoms with Crippen molar-refractivity contribution >= 4 is 16.8 Å². The molecule has 1 amide bonds. The van der Waals surface area contributed by atoms with Gasteiger partial charge in [-0.25, -0.2) is 9.37 Å². The van der Waals surface area contributed by atoms with Gasteiger partial charge >= 0.3 is 0 Å². The number of rotatable bonds is 3. The molecule has 4 rings (SSSR count). The van der Waals surface area contributed by atoms with E-state index in [9.17, 15) is 9.18 Å². The van der Waals surface area contributed by atoms with Crippen LogP contribution < -0.4 is 10.6 Å². The van der Waals surface area contributed by atoms with Gasteiger partial charge in [0.2, 0.25) is 0 Å². The second-order valence-electron chi connectivity index (χ2n) is 7.13. The Balaban J connectivity index is 1.74. The van der Waals surface area contributed by atoms with Gasteiger partial charge in [0.05, 0.1) is 16.8 Å². The molecule has 1 aliphatic heterocycles. The van der Waals surface area contributed by atoms with Crippen molar-refractivity contribution in [2.75, 3.05) is 6.54 Å². The number of fused-ring (bicyclic) bond motifs is 1. The summed E-state index contributed by atoms with van der Waals surface area (Å²) >= 11 is 0. The summed E-state index contributed by atoms with van der Waals surface area (Å²) in [6.45, 7) is 3.01. The molecule has 0 saturated carbocycles. The lowest BCUT2D eigenvalue weighted by Gasteiger charge is -2.28. The van der Waals surface area contributed by atoms with E-state index in [4.69, 9.17) is 0 Å². The van der Waals surface area contributed by atoms with Crippen molar-refractivity contribution in [2.24, 2.45) is 0 Å². The third-order valence-corrected chi connectivity index (χ3v) is 5.04. The number of nitrogens with zero attached hydrogens (tertiary/aromatic N) is 1. The van der Waals surface area contributed by atoms with E-state index in [2.05, 4.69) is 22.5 Å². The fraction of sp³-hybridized carbons (Fsp3) is 0.273. The van der Waals surface area contributed by atoms with Gasteiger partial charge < -0.3 is 10.6 Å². The molecule has 1 saturated heterocycles. The highest BCUT2D eigenvalue weighted by molar-refractivity contribution is 6.07. The van der Waals surface area contributed by atoms with Gasteiger partial charge in [0.1, 0.15) is 5.82 Å². The number of carbonyl (C=O) groups is 1. The molecular formula is C22H22FN3O. The lowest BCUT2D eigenvalue weighted by Crippen LogP contribution is -2.46. The van der Waals surface area contributed by atoms with Crippen LogP contribution in [0.15, 0.2) is 54.6 Å². The van der Waals surface area contributed by atoms with Crippen LogP contribution in [-0.4, -0.2) is 29.5 Å². The zero-order valence-corrected chi connectivity index (χ0v) is 15.2. The Labute approximate surface area is 157 Å². The van der Waals surface area contributed by atoms with Crippen LogP contribution in [0.5, 0.6) is 0 Å². The topological polar surface area (TPSA) is 54.0 Å². The van der Waals surface area contributed by atoms with E-state index in [1.807, 2.05) is 30.3 Å². The number of pyridine rings is 1. The first-order chi connectivity index (χ1) is 13.1. The quantitative estimate of drug-likeness (QED) is 0.742. The van der Waals surface area contributed by atoms with Gasteiger partial charge in [0.25, 0.3) is 5.91 Å². The van der Waals surface area contributed by atoms with Gasteiger partial charge in [-0.2, -0.15) is 0 Å². The Morgan fingerprint density at radius 2 is 2.00 bits per heavy atom. The van der Waals surface area contributed by atoms with Gasteiger partial charge in [-0.15, -0.1) is 0 Å². The van der Waals surface area contributed by atoms with E-state index >= 15 is 0 Å². The number of amides is 1. The second kappa shape index (κ2) is 7.45. The molecule has 1 aromatic heterocycles. The third kappa shape index (κ3) is 3.83. The minimum absolute atomic E-state index is 0.134. The maximum atomic E-state index is 13.8. The molecule has 0 bridgehead atoms. The average molecular weight is 363 g/mol. The maximum Gasteiger partial charge on any atom is 0.252 e. The van der Waals surface area contributed by atoms with Crippen molar-refractivity contribution in [1.29, 1.82) is 0 Å². The van der Waals surface area contributed by atoms with Gasteiger partial charge in [0, 0.05) is 29.1 Å². The van der Waals surface area contributed by atoms with E-state index in [-0.39, 0.29) is 17.8 Å².